The van der Waals surface area contributed by atoms with Crippen molar-refractivity contribution >= 4 is 13.7 Å². The van der Waals surface area contributed by atoms with E-state index in [-0.39, 0.29) is 31.0 Å². The van der Waals surface area contributed by atoms with Crippen molar-refractivity contribution in [2.75, 3.05) is 6.61 Å². The molecule has 1 rings (SSSR count). The maximum absolute atomic E-state index is 10.9. The van der Waals surface area contributed by atoms with E-state index in [1.54, 1.807) is 0 Å². The van der Waals surface area contributed by atoms with Gasteiger partial charge in [-0.05, 0) is 0 Å². The third kappa shape index (κ3) is 6.04. The van der Waals surface area contributed by atoms with Crippen molar-refractivity contribution in [2.24, 2.45) is 0 Å². The third-order valence-corrected chi connectivity index (χ3v) is 2.98. The Morgan fingerprint density at radius 3 is 2.35 bits per heavy atom. The summed E-state index contributed by atoms with van der Waals surface area (Å²) in [6.45, 7) is 0.418. The van der Waals surface area contributed by atoms with Gasteiger partial charge in [-0.25, -0.2) is 4.57 Å². The summed E-state index contributed by atoms with van der Waals surface area (Å²) in [6, 6.07) is -1.25. The predicted octanol–water partition coefficient (Wildman–Crippen LogP) is -5.84. The first-order valence-electron chi connectivity index (χ1n) is 5.28. The minimum atomic E-state index is -4.76. The number of ether oxygens (including phenoxy) is 1. The Hall–Kier alpha value is 0.420. The molecule has 114 valence electrons. The molecule has 12 heteroatoms. The first kappa shape index (κ1) is 20.4. The summed E-state index contributed by atoms with van der Waals surface area (Å²) in [7, 11) is -4.76. The molecule has 6 N–H and O–H groups in total. The Morgan fingerprint density at radius 1 is 1.35 bits per heavy atom. The van der Waals surface area contributed by atoms with Gasteiger partial charge in [-0.3, -0.25) is 9.32 Å². The zero-order valence-electron chi connectivity index (χ0n) is 11.9. The Balaban J connectivity index is 0. The number of nitrogens with one attached hydrogen (secondary N) is 1. The Morgan fingerprint density at radius 2 is 1.90 bits per heavy atom. The number of hydrogen-bond acceptors (Lipinski definition) is 7. The molecule has 0 radical (unpaired) electrons. The first-order chi connectivity index (χ1) is 8.61. The van der Waals surface area contributed by atoms with Gasteiger partial charge in [0, 0.05) is 6.92 Å². The molecule has 0 aromatic heterocycles. The van der Waals surface area contributed by atoms with Crippen molar-refractivity contribution in [1.29, 1.82) is 0 Å². The van der Waals surface area contributed by atoms with Gasteiger partial charge in [-0.2, -0.15) is 0 Å². The summed E-state index contributed by atoms with van der Waals surface area (Å²) in [5.74, 6) is -0.552. The van der Waals surface area contributed by atoms with Crippen LogP contribution in [0, 0.1) is 0 Å². The molecule has 1 saturated heterocycles. The predicted molar refractivity (Wildman–Crippen MR) is 59.6 cm³/mol. The van der Waals surface area contributed by atoms with Crippen LogP contribution in [0.1, 0.15) is 8.35 Å². The van der Waals surface area contributed by atoms with E-state index < -0.39 is 51.0 Å². The van der Waals surface area contributed by atoms with E-state index in [9.17, 15) is 24.7 Å². The van der Waals surface area contributed by atoms with Gasteiger partial charge in [0.25, 0.3) is 0 Å². The Labute approximate surface area is 138 Å². The Kier molecular flexibility index (Phi) is 8.33. The molecular formula is C8H17NNaO9P. The quantitative estimate of drug-likeness (QED) is 0.218. The zero-order chi connectivity index (χ0) is 14.8. The van der Waals surface area contributed by atoms with Crippen LogP contribution in [0.25, 0.3) is 0 Å². The summed E-state index contributed by atoms with van der Waals surface area (Å²) >= 11 is 0. The molecule has 0 saturated carbocycles. The Bertz CT molecular complexity index is 383. The fourth-order valence-electron chi connectivity index (χ4n) is 1.65. The second-order valence-corrected chi connectivity index (χ2v) is 5.30. The smallest absolute Gasteiger partial charge is 1.00 e. The topological polar surface area (TPSA) is 166 Å². The van der Waals surface area contributed by atoms with E-state index in [1.807, 2.05) is 0 Å². The fourth-order valence-corrected chi connectivity index (χ4v) is 1.99. The number of phosphoric ester groups is 1. The third-order valence-electron chi connectivity index (χ3n) is 2.50. The molecule has 0 aromatic carbocycles. The fraction of sp³-hybridized carbons (Fsp3) is 0.875. The maximum atomic E-state index is 10.9. The van der Waals surface area contributed by atoms with Gasteiger partial charge < -0.3 is 36.6 Å². The summed E-state index contributed by atoms with van der Waals surface area (Å²) < 4.78 is 19.5. The normalized spacial score (nSPS) is 34.2. The van der Waals surface area contributed by atoms with Crippen LogP contribution in [0.2, 0.25) is 0 Å². The van der Waals surface area contributed by atoms with Crippen molar-refractivity contribution in [2.45, 2.75) is 37.6 Å². The van der Waals surface area contributed by atoms with Gasteiger partial charge in [-0.15, -0.1) is 0 Å². The molecule has 1 amide bonds. The van der Waals surface area contributed by atoms with Gasteiger partial charge in [-0.1, -0.05) is 0 Å². The summed E-state index contributed by atoms with van der Waals surface area (Å²) in [4.78, 5) is 27.9. The van der Waals surface area contributed by atoms with Crippen molar-refractivity contribution in [1.82, 2.24) is 5.32 Å². The number of phosphoric acid groups is 1. The average molecular weight is 325 g/mol. The van der Waals surface area contributed by atoms with Crippen molar-refractivity contribution in [3.8, 4) is 0 Å². The SMILES string of the molecule is CC(=O)NC1C(O)OC(COP(=O)(O)O)C(O)C1O.[H-].[Na+]. The summed E-state index contributed by atoms with van der Waals surface area (Å²) in [5.41, 5.74) is 0. The second kappa shape index (κ2) is 8.16. The molecule has 10 nitrogen and oxygen atoms in total. The van der Waals surface area contributed by atoms with Crippen LogP contribution < -0.4 is 34.9 Å². The molecule has 1 aliphatic heterocycles. The molecule has 0 bridgehead atoms. The first-order valence-corrected chi connectivity index (χ1v) is 6.81. The number of aliphatic hydroxyl groups is 3. The van der Waals surface area contributed by atoms with E-state index in [4.69, 9.17) is 14.5 Å². The van der Waals surface area contributed by atoms with Crippen LogP contribution in [0.5, 0.6) is 0 Å². The number of rotatable bonds is 4. The van der Waals surface area contributed by atoms with Crippen LogP contribution in [0.15, 0.2) is 0 Å². The van der Waals surface area contributed by atoms with Crippen LogP contribution >= 0.6 is 7.82 Å². The van der Waals surface area contributed by atoms with Gasteiger partial charge in [0.1, 0.15) is 24.4 Å². The van der Waals surface area contributed by atoms with Crippen LogP contribution in [0.4, 0.5) is 0 Å². The van der Waals surface area contributed by atoms with Crippen molar-refractivity contribution < 1.29 is 74.7 Å². The minimum absolute atomic E-state index is 0. The molecule has 0 spiro atoms. The van der Waals surface area contributed by atoms with Gasteiger partial charge >= 0.3 is 37.4 Å². The summed E-state index contributed by atoms with van der Waals surface area (Å²) in [5, 5.41) is 31.1. The maximum Gasteiger partial charge on any atom is 1.00 e. The van der Waals surface area contributed by atoms with E-state index >= 15 is 0 Å². The van der Waals surface area contributed by atoms with E-state index in [1.165, 1.54) is 0 Å². The molecule has 1 aliphatic rings. The average Bonchev–Trinajstić information content (AvgIpc) is 2.26. The molecule has 1 fully saturated rings. The second-order valence-electron chi connectivity index (χ2n) is 4.06. The summed E-state index contributed by atoms with van der Waals surface area (Å²) in [6.07, 6.45) is -6.15. The van der Waals surface area contributed by atoms with Crippen LogP contribution in [-0.4, -0.2) is 68.3 Å². The number of carbonyl (C=O) groups is 1. The molecule has 0 aromatic rings. The van der Waals surface area contributed by atoms with Gasteiger partial charge in [0.15, 0.2) is 6.29 Å². The zero-order valence-corrected chi connectivity index (χ0v) is 13.8. The molecular weight excluding hydrogens is 308 g/mol. The standard InChI is InChI=1S/C8H16NO9P.Na.H/c1-3(10)9-5-7(12)6(11)4(18-8(5)13)2-17-19(14,15)16;;/h4-8,11-13H,2H2,1H3,(H,9,10)(H2,14,15,16);;/q;+1;-1. The number of amides is 1. The molecule has 20 heavy (non-hydrogen) atoms. The van der Waals surface area contributed by atoms with Crippen molar-refractivity contribution in [3.05, 3.63) is 0 Å². The number of carbonyl (C=O) groups excluding carboxylic acids is 1. The minimum Gasteiger partial charge on any atom is -1.00 e. The van der Waals surface area contributed by atoms with Crippen molar-refractivity contribution in [3.63, 3.8) is 0 Å². The van der Waals surface area contributed by atoms with E-state index in [0.29, 0.717) is 0 Å². The van der Waals surface area contributed by atoms with E-state index in [0.717, 1.165) is 6.92 Å². The van der Waals surface area contributed by atoms with Gasteiger partial charge in [0.2, 0.25) is 5.91 Å². The van der Waals surface area contributed by atoms with Crippen LogP contribution in [-0.2, 0) is 18.6 Å². The molecule has 5 atom stereocenters. The molecule has 0 aliphatic carbocycles. The monoisotopic (exact) mass is 325 g/mol. The number of aliphatic hydroxyl groups excluding tert-OH is 3. The molecule has 5 unspecified atom stereocenters. The largest absolute Gasteiger partial charge is 1.00 e. The number of hydrogen-bond donors (Lipinski definition) is 6. The van der Waals surface area contributed by atoms with Crippen LogP contribution in [0.3, 0.4) is 0 Å². The van der Waals surface area contributed by atoms with E-state index in [2.05, 4.69) is 9.84 Å². The molecule has 1 heterocycles. The van der Waals surface area contributed by atoms with Gasteiger partial charge in [0.05, 0.1) is 6.61 Å².